The highest BCUT2D eigenvalue weighted by Gasteiger charge is 2.26. The Balaban J connectivity index is 1.24. The first kappa shape index (κ1) is 21.2. The quantitative estimate of drug-likeness (QED) is 0.560. The topological polar surface area (TPSA) is 71.3 Å². The van der Waals surface area contributed by atoms with Crippen molar-refractivity contribution in [2.45, 2.75) is 39.2 Å². The lowest BCUT2D eigenvalue weighted by molar-refractivity contribution is -0.126. The monoisotopic (exact) mass is 418 g/mol. The molecular formula is C25H30N4O2. The first-order valence-electron chi connectivity index (χ1n) is 11.1. The third-order valence-corrected chi connectivity index (χ3v) is 5.80. The summed E-state index contributed by atoms with van der Waals surface area (Å²) in [5.41, 5.74) is 3.46. The molecular weight excluding hydrogens is 388 g/mol. The van der Waals surface area contributed by atoms with Crippen molar-refractivity contribution in [1.29, 1.82) is 0 Å². The summed E-state index contributed by atoms with van der Waals surface area (Å²) in [6, 6.07) is 18.5. The highest BCUT2D eigenvalue weighted by atomic mass is 16.5. The van der Waals surface area contributed by atoms with Gasteiger partial charge in [0.1, 0.15) is 0 Å². The van der Waals surface area contributed by atoms with Crippen molar-refractivity contribution in [3.05, 3.63) is 71.6 Å². The summed E-state index contributed by atoms with van der Waals surface area (Å²) in [7, 11) is 0. The molecule has 0 spiro atoms. The van der Waals surface area contributed by atoms with Gasteiger partial charge in [0.25, 0.3) is 0 Å². The zero-order valence-electron chi connectivity index (χ0n) is 18.1. The molecule has 1 saturated heterocycles. The van der Waals surface area contributed by atoms with E-state index in [4.69, 9.17) is 4.52 Å². The summed E-state index contributed by atoms with van der Waals surface area (Å²) in [6.45, 7) is 5.02. The van der Waals surface area contributed by atoms with E-state index < -0.39 is 0 Å². The van der Waals surface area contributed by atoms with Crippen LogP contribution in [0.5, 0.6) is 0 Å². The van der Waals surface area contributed by atoms with Crippen molar-refractivity contribution in [3.63, 3.8) is 0 Å². The molecule has 1 aromatic heterocycles. The molecule has 1 fully saturated rings. The standard InChI is InChI=1S/C25H30N4O2/c1-19-11-13-21(14-12-19)24-27-23(31-28-24)18-29-16-6-10-22(17-29)25(30)26-15-5-9-20-7-3-2-4-8-20/h2-4,7-8,11-14,22H,5-6,9-10,15-18H2,1H3,(H,26,30). The van der Waals surface area contributed by atoms with E-state index in [1.807, 2.05) is 30.3 Å². The number of likely N-dealkylation sites (tertiary alicyclic amines) is 1. The number of benzene rings is 2. The van der Waals surface area contributed by atoms with Gasteiger partial charge in [-0.2, -0.15) is 4.98 Å². The number of carbonyl (C=O) groups is 1. The Morgan fingerprint density at radius 1 is 1.16 bits per heavy atom. The van der Waals surface area contributed by atoms with Crippen LogP contribution in [0.1, 0.15) is 36.3 Å². The number of hydrogen-bond donors (Lipinski definition) is 1. The summed E-state index contributed by atoms with van der Waals surface area (Å²) >= 11 is 0. The molecule has 1 amide bonds. The normalized spacial score (nSPS) is 16.9. The van der Waals surface area contributed by atoms with Gasteiger partial charge in [-0.15, -0.1) is 0 Å². The van der Waals surface area contributed by atoms with Crippen molar-refractivity contribution in [1.82, 2.24) is 20.4 Å². The van der Waals surface area contributed by atoms with E-state index in [9.17, 15) is 4.79 Å². The summed E-state index contributed by atoms with van der Waals surface area (Å²) in [5.74, 6) is 1.38. The molecule has 162 valence electrons. The second kappa shape index (κ2) is 10.4. The number of amides is 1. The zero-order chi connectivity index (χ0) is 21.5. The molecule has 6 heteroatoms. The fourth-order valence-electron chi connectivity index (χ4n) is 4.04. The highest BCUT2D eigenvalue weighted by Crippen LogP contribution is 2.20. The summed E-state index contributed by atoms with van der Waals surface area (Å²) in [4.78, 5) is 19.4. The Hall–Kier alpha value is -2.99. The molecule has 4 rings (SSSR count). The second-order valence-corrected chi connectivity index (χ2v) is 8.33. The lowest BCUT2D eigenvalue weighted by Gasteiger charge is -2.30. The van der Waals surface area contributed by atoms with Crippen LogP contribution in [-0.2, 0) is 17.8 Å². The Morgan fingerprint density at radius 3 is 2.77 bits per heavy atom. The maximum Gasteiger partial charge on any atom is 0.241 e. The Labute approximate surface area is 183 Å². The van der Waals surface area contributed by atoms with E-state index in [0.717, 1.165) is 44.3 Å². The largest absolute Gasteiger partial charge is 0.356 e. The Kier molecular flexibility index (Phi) is 7.10. The first-order chi connectivity index (χ1) is 15.2. The molecule has 0 bridgehead atoms. The van der Waals surface area contributed by atoms with Crippen LogP contribution in [0.3, 0.4) is 0 Å². The van der Waals surface area contributed by atoms with E-state index in [1.54, 1.807) is 0 Å². The van der Waals surface area contributed by atoms with Crippen LogP contribution in [0.25, 0.3) is 11.4 Å². The van der Waals surface area contributed by atoms with Crippen molar-refractivity contribution in [3.8, 4) is 11.4 Å². The minimum Gasteiger partial charge on any atom is -0.356 e. The molecule has 0 aliphatic carbocycles. The molecule has 1 N–H and O–H groups in total. The average molecular weight is 419 g/mol. The van der Waals surface area contributed by atoms with Crippen LogP contribution in [0.15, 0.2) is 59.1 Å². The number of rotatable bonds is 8. The van der Waals surface area contributed by atoms with Gasteiger partial charge in [0.2, 0.25) is 17.6 Å². The number of aromatic nitrogens is 2. The first-order valence-corrected chi connectivity index (χ1v) is 11.1. The lowest BCUT2D eigenvalue weighted by atomic mass is 9.97. The molecule has 1 aliphatic rings. The minimum absolute atomic E-state index is 0.0185. The van der Waals surface area contributed by atoms with Gasteiger partial charge in [0.05, 0.1) is 12.5 Å². The summed E-state index contributed by atoms with van der Waals surface area (Å²) in [5, 5.41) is 7.24. The Bertz CT molecular complexity index is 969. The van der Waals surface area contributed by atoms with E-state index in [1.165, 1.54) is 11.1 Å². The van der Waals surface area contributed by atoms with Crippen LogP contribution in [0, 0.1) is 12.8 Å². The molecule has 3 aromatic rings. The summed E-state index contributed by atoms with van der Waals surface area (Å²) in [6.07, 6.45) is 3.87. The molecule has 1 atom stereocenters. The fraction of sp³-hybridized carbons (Fsp3) is 0.400. The molecule has 6 nitrogen and oxygen atoms in total. The molecule has 2 heterocycles. The third kappa shape index (κ3) is 6.01. The van der Waals surface area contributed by atoms with Gasteiger partial charge in [-0.1, -0.05) is 65.3 Å². The maximum atomic E-state index is 12.6. The fourth-order valence-corrected chi connectivity index (χ4v) is 4.04. The maximum absolute atomic E-state index is 12.6. The molecule has 1 aliphatic heterocycles. The van der Waals surface area contributed by atoms with Crippen molar-refractivity contribution >= 4 is 5.91 Å². The van der Waals surface area contributed by atoms with Crippen LogP contribution >= 0.6 is 0 Å². The van der Waals surface area contributed by atoms with E-state index >= 15 is 0 Å². The van der Waals surface area contributed by atoms with Crippen LogP contribution in [0.2, 0.25) is 0 Å². The SMILES string of the molecule is Cc1ccc(-c2noc(CN3CCCC(C(=O)NCCCc4ccccc4)C3)n2)cc1. The predicted molar refractivity (Wildman–Crippen MR) is 120 cm³/mol. The molecule has 0 saturated carbocycles. The van der Waals surface area contributed by atoms with Gasteiger partial charge in [-0.3, -0.25) is 9.69 Å². The predicted octanol–water partition coefficient (Wildman–Crippen LogP) is 4.01. The number of carbonyl (C=O) groups excluding carboxylic acids is 1. The minimum atomic E-state index is 0.0185. The van der Waals surface area contributed by atoms with Gasteiger partial charge in [0.15, 0.2) is 0 Å². The molecule has 2 aromatic carbocycles. The number of aryl methyl sites for hydroxylation is 2. The van der Waals surface area contributed by atoms with Crippen molar-refractivity contribution in [2.24, 2.45) is 5.92 Å². The Morgan fingerprint density at radius 2 is 1.97 bits per heavy atom. The highest BCUT2D eigenvalue weighted by molar-refractivity contribution is 5.78. The third-order valence-electron chi connectivity index (χ3n) is 5.80. The van der Waals surface area contributed by atoms with E-state index in [2.05, 4.69) is 51.5 Å². The van der Waals surface area contributed by atoms with E-state index in [-0.39, 0.29) is 11.8 Å². The second-order valence-electron chi connectivity index (χ2n) is 8.33. The van der Waals surface area contributed by atoms with Gasteiger partial charge in [-0.25, -0.2) is 0 Å². The van der Waals surface area contributed by atoms with Gasteiger partial charge in [-0.05, 0) is 44.7 Å². The molecule has 1 unspecified atom stereocenters. The van der Waals surface area contributed by atoms with Crippen LogP contribution in [0.4, 0.5) is 0 Å². The lowest BCUT2D eigenvalue weighted by Crippen LogP contribution is -2.43. The zero-order valence-corrected chi connectivity index (χ0v) is 18.1. The van der Waals surface area contributed by atoms with Crippen molar-refractivity contribution in [2.75, 3.05) is 19.6 Å². The van der Waals surface area contributed by atoms with Gasteiger partial charge >= 0.3 is 0 Å². The summed E-state index contributed by atoms with van der Waals surface area (Å²) < 4.78 is 5.47. The smallest absolute Gasteiger partial charge is 0.241 e. The van der Waals surface area contributed by atoms with Crippen LogP contribution < -0.4 is 5.32 Å². The van der Waals surface area contributed by atoms with E-state index in [0.29, 0.717) is 24.8 Å². The molecule has 31 heavy (non-hydrogen) atoms. The number of hydrogen-bond acceptors (Lipinski definition) is 5. The van der Waals surface area contributed by atoms with Crippen LogP contribution in [-0.4, -0.2) is 40.6 Å². The van der Waals surface area contributed by atoms with Gasteiger partial charge < -0.3 is 9.84 Å². The number of nitrogens with zero attached hydrogens (tertiary/aromatic N) is 3. The average Bonchev–Trinajstić information content (AvgIpc) is 3.26. The molecule has 0 radical (unpaired) electrons. The van der Waals surface area contributed by atoms with Crippen molar-refractivity contribution < 1.29 is 9.32 Å². The van der Waals surface area contributed by atoms with Gasteiger partial charge in [0, 0.05) is 18.7 Å². The number of nitrogens with one attached hydrogen (secondary N) is 1. The number of piperidine rings is 1.